The van der Waals surface area contributed by atoms with E-state index in [1.165, 1.54) is 12.1 Å². The lowest BCUT2D eigenvalue weighted by Gasteiger charge is -2.24. The van der Waals surface area contributed by atoms with Crippen LogP contribution < -0.4 is 14.5 Å². The largest absolute Gasteiger partial charge is 0.325 e. The maximum atomic E-state index is 13.4. The number of carbonyl (C=O) groups is 2. The van der Waals surface area contributed by atoms with Gasteiger partial charge in [-0.15, -0.1) is 0 Å². The summed E-state index contributed by atoms with van der Waals surface area (Å²) in [6, 6.07) is 18.0. The average Bonchev–Trinajstić information content (AvgIpc) is 3.25. The molecule has 0 bridgehead atoms. The number of rotatable bonds is 7. The Balaban J connectivity index is 1.55. The fourth-order valence-electron chi connectivity index (χ4n) is 3.74. The molecule has 1 fully saturated rings. The monoisotopic (exact) mass is 481 g/mol. The van der Waals surface area contributed by atoms with Gasteiger partial charge >= 0.3 is 0 Å². The second-order valence-electron chi connectivity index (χ2n) is 8.05. The fourth-order valence-corrected chi connectivity index (χ4v) is 5.16. The predicted molar refractivity (Wildman–Crippen MR) is 129 cm³/mol. The van der Waals surface area contributed by atoms with Crippen LogP contribution in [0.4, 0.5) is 21.5 Å². The molecule has 0 atom stereocenters. The summed E-state index contributed by atoms with van der Waals surface area (Å²) >= 11 is 0. The number of benzene rings is 3. The molecule has 1 heterocycles. The van der Waals surface area contributed by atoms with Gasteiger partial charge in [0.2, 0.25) is 11.8 Å². The highest BCUT2D eigenvalue weighted by molar-refractivity contribution is 7.92. The van der Waals surface area contributed by atoms with E-state index in [9.17, 15) is 22.4 Å². The molecule has 1 aliphatic rings. The summed E-state index contributed by atoms with van der Waals surface area (Å²) in [6.07, 6.45) is 1.34. The number of hydrogen-bond acceptors (Lipinski definition) is 4. The second-order valence-corrected chi connectivity index (χ2v) is 9.91. The first-order chi connectivity index (χ1) is 16.2. The van der Waals surface area contributed by atoms with Crippen LogP contribution in [0.15, 0.2) is 77.7 Å². The van der Waals surface area contributed by atoms with Crippen molar-refractivity contribution in [1.29, 1.82) is 0 Å². The van der Waals surface area contributed by atoms with Crippen LogP contribution in [0.2, 0.25) is 0 Å². The molecule has 2 amide bonds. The van der Waals surface area contributed by atoms with Crippen molar-refractivity contribution in [3.63, 3.8) is 0 Å². The van der Waals surface area contributed by atoms with Gasteiger partial charge in [-0.25, -0.2) is 12.8 Å². The van der Waals surface area contributed by atoms with Gasteiger partial charge in [0.15, 0.2) is 0 Å². The van der Waals surface area contributed by atoms with Crippen molar-refractivity contribution in [2.45, 2.75) is 24.7 Å². The third-order valence-electron chi connectivity index (χ3n) is 5.55. The van der Waals surface area contributed by atoms with Gasteiger partial charge < -0.3 is 10.2 Å². The molecule has 176 valence electrons. The van der Waals surface area contributed by atoms with Crippen molar-refractivity contribution in [2.75, 3.05) is 27.6 Å². The lowest BCUT2D eigenvalue weighted by Crippen LogP contribution is -2.38. The SMILES string of the molecule is Cc1ccc(N(CC(=O)Nc2ccc(N3CCCC3=O)cc2)S(=O)(=O)c2ccc(F)cc2)cc1. The van der Waals surface area contributed by atoms with E-state index in [1.807, 2.05) is 6.92 Å². The van der Waals surface area contributed by atoms with Gasteiger partial charge in [0.25, 0.3) is 10.0 Å². The number of aryl methyl sites for hydroxylation is 1. The molecular formula is C25H24FN3O4S. The standard InChI is InChI=1S/C25H24FN3O4S/c1-18-4-10-22(11-5-18)29(34(32,33)23-14-6-19(26)7-15-23)17-24(30)27-20-8-12-21(13-9-20)28-16-2-3-25(28)31/h4-15H,2-3,16-17H2,1H3,(H,27,30). The molecule has 3 aromatic carbocycles. The van der Waals surface area contributed by atoms with Crippen LogP contribution in [-0.4, -0.2) is 33.3 Å². The van der Waals surface area contributed by atoms with Gasteiger partial charge in [0, 0.05) is 24.3 Å². The summed E-state index contributed by atoms with van der Waals surface area (Å²) in [4.78, 5) is 26.3. The number of sulfonamides is 1. The summed E-state index contributed by atoms with van der Waals surface area (Å²) < 4.78 is 41.0. The van der Waals surface area contributed by atoms with Crippen molar-refractivity contribution in [3.8, 4) is 0 Å². The maximum absolute atomic E-state index is 13.4. The molecule has 0 saturated carbocycles. The molecule has 3 aromatic rings. The molecule has 7 nitrogen and oxygen atoms in total. The minimum atomic E-state index is -4.13. The molecule has 1 saturated heterocycles. The Morgan fingerprint density at radius 1 is 1.00 bits per heavy atom. The van der Waals surface area contributed by atoms with E-state index in [-0.39, 0.29) is 10.8 Å². The minimum absolute atomic E-state index is 0.0662. The maximum Gasteiger partial charge on any atom is 0.264 e. The third kappa shape index (κ3) is 5.09. The number of halogens is 1. The van der Waals surface area contributed by atoms with Crippen LogP contribution in [0.1, 0.15) is 18.4 Å². The average molecular weight is 482 g/mol. The molecular weight excluding hydrogens is 457 g/mol. The number of hydrogen-bond donors (Lipinski definition) is 1. The Hall–Kier alpha value is -3.72. The predicted octanol–water partition coefficient (Wildman–Crippen LogP) is 4.09. The topological polar surface area (TPSA) is 86.8 Å². The van der Waals surface area contributed by atoms with Gasteiger partial charge in [-0.05, 0) is 74.0 Å². The van der Waals surface area contributed by atoms with Crippen molar-refractivity contribution in [2.24, 2.45) is 0 Å². The number of nitrogens with zero attached hydrogens (tertiary/aromatic N) is 2. The zero-order valence-electron chi connectivity index (χ0n) is 18.6. The van der Waals surface area contributed by atoms with Crippen LogP contribution in [0, 0.1) is 12.7 Å². The smallest absolute Gasteiger partial charge is 0.264 e. The van der Waals surface area contributed by atoms with Crippen LogP contribution in [-0.2, 0) is 19.6 Å². The lowest BCUT2D eigenvalue weighted by atomic mass is 10.2. The molecule has 1 N–H and O–H groups in total. The lowest BCUT2D eigenvalue weighted by molar-refractivity contribution is -0.117. The van der Waals surface area contributed by atoms with E-state index in [2.05, 4.69) is 5.32 Å². The number of carbonyl (C=O) groups excluding carboxylic acids is 2. The van der Waals surface area contributed by atoms with E-state index >= 15 is 0 Å². The molecule has 0 radical (unpaired) electrons. The van der Waals surface area contributed by atoms with Gasteiger partial charge in [-0.1, -0.05) is 17.7 Å². The van der Waals surface area contributed by atoms with Crippen LogP contribution in [0.5, 0.6) is 0 Å². The zero-order chi connectivity index (χ0) is 24.3. The normalized spacial score (nSPS) is 13.7. The number of nitrogens with one attached hydrogen (secondary N) is 1. The highest BCUT2D eigenvalue weighted by Crippen LogP contribution is 2.26. The van der Waals surface area contributed by atoms with Gasteiger partial charge in [-0.3, -0.25) is 13.9 Å². The van der Waals surface area contributed by atoms with Crippen molar-refractivity contribution >= 4 is 38.9 Å². The van der Waals surface area contributed by atoms with E-state index in [1.54, 1.807) is 53.4 Å². The summed E-state index contributed by atoms with van der Waals surface area (Å²) in [6.45, 7) is 2.06. The van der Waals surface area contributed by atoms with Crippen molar-refractivity contribution in [1.82, 2.24) is 0 Å². The molecule has 4 rings (SSSR count). The van der Waals surface area contributed by atoms with Crippen LogP contribution in [0.25, 0.3) is 0 Å². The molecule has 0 unspecified atom stereocenters. The number of amides is 2. The molecule has 34 heavy (non-hydrogen) atoms. The van der Waals surface area contributed by atoms with E-state index in [0.717, 1.165) is 34.1 Å². The Labute approximate surface area is 197 Å². The molecule has 0 aliphatic carbocycles. The highest BCUT2D eigenvalue weighted by atomic mass is 32.2. The molecule has 0 aromatic heterocycles. The molecule has 9 heteroatoms. The minimum Gasteiger partial charge on any atom is -0.325 e. The van der Waals surface area contributed by atoms with Crippen LogP contribution >= 0.6 is 0 Å². The first kappa shape index (κ1) is 23.4. The molecule has 1 aliphatic heterocycles. The third-order valence-corrected chi connectivity index (χ3v) is 7.34. The van der Waals surface area contributed by atoms with E-state index < -0.39 is 28.3 Å². The number of anilines is 3. The Morgan fingerprint density at radius 3 is 2.24 bits per heavy atom. The van der Waals surface area contributed by atoms with Crippen LogP contribution in [0.3, 0.4) is 0 Å². The summed E-state index contributed by atoms with van der Waals surface area (Å²) in [7, 11) is -4.13. The second kappa shape index (κ2) is 9.64. The highest BCUT2D eigenvalue weighted by Gasteiger charge is 2.27. The van der Waals surface area contributed by atoms with Gasteiger partial charge in [-0.2, -0.15) is 0 Å². The Morgan fingerprint density at radius 2 is 1.65 bits per heavy atom. The first-order valence-electron chi connectivity index (χ1n) is 10.8. The van der Waals surface area contributed by atoms with Crippen molar-refractivity contribution < 1.29 is 22.4 Å². The quantitative estimate of drug-likeness (QED) is 0.551. The van der Waals surface area contributed by atoms with Gasteiger partial charge in [0.1, 0.15) is 12.4 Å². The first-order valence-corrected chi connectivity index (χ1v) is 12.2. The van der Waals surface area contributed by atoms with E-state index in [0.29, 0.717) is 24.3 Å². The van der Waals surface area contributed by atoms with Gasteiger partial charge in [0.05, 0.1) is 10.6 Å². The summed E-state index contributed by atoms with van der Waals surface area (Å²) in [5.74, 6) is -1.04. The Kier molecular flexibility index (Phi) is 6.65. The Bertz CT molecular complexity index is 1290. The fraction of sp³-hybridized carbons (Fsp3) is 0.200. The zero-order valence-corrected chi connectivity index (χ0v) is 19.4. The van der Waals surface area contributed by atoms with E-state index in [4.69, 9.17) is 0 Å². The van der Waals surface area contributed by atoms with Crippen molar-refractivity contribution in [3.05, 3.63) is 84.2 Å². The summed E-state index contributed by atoms with van der Waals surface area (Å²) in [5, 5.41) is 2.71. The summed E-state index contributed by atoms with van der Waals surface area (Å²) in [5.41, 5.74) is 2.47. The molecule has 0 spiro atoms.